The van der Waals surface area contributed by atoms with E-state index in [1.54, 1.807) is 38.7 Å². The first kappa shape index (κ1) is 18.1. The fourth-order valence-electron chi connectivity index (χ4n) is 2.81. The van der Waals surface area contributed by atoms with Crippen LogP contribution in [0.1, 0.15) is 0 Å². The van der Waals surface area contributed by atoms with Crippen LogP contribution in [0.15, 0.2) is 41.1 Å². The largest absolute Gasteiger partial charge is 0.494 e. The Morgan fingerprint density at radius 2 is 1.27 bits per heavy atom. The Bertz CT molecular complexity index is 895. The van der Waals surface area contributed by atoms with Crippen LogP contribution < -0.4 is 18.9 Å². The van der Waals surface area contributed by atoms with Crippen LogP contribution in [0.25, 0.3) is 22.3 Å². The van der Waals surface area contributed by atoms with Gasteiger partial charge in [0.05, 0.1) is 28.4 Å². The van der Waals surface area contributed by atoms with E-state index in [1.165, 1.54) is 13.2 Å². The van der Waals surface area contributed by atoms with Gasteiger partial charge in [0.25, 0.3) is 0 Å². The molecule has 3 rings (SSSR count). The summed E-state index contributed by atoms with van der Waals surface area (Å²) in [6.45, 7) is 0. The van der Waals surface area contributed by atoms with Crippen LogP contribution in [-0.4, -0.2) is 28.4 Å². The third kappa shape index (κ3) is 3.20. The van der Waals surface area contributed by atoms with Gasteiger partial charge in [0.15, 0.2) is 23.1 Å². The van der Waals surface area contributed by atoms with E-state index in [1.807, 2.05) is 29.0 Å². The molecule has 0 N–H and O–H groups in total. The second kappa shape index (κ2) is 7.66. The summed E-state index contributed by atoms with van der Waals surface area (Å²) in [6, 6.07) is 8.70. The molecule has 2 aromatic carbocycles. The average Bonchev–Trinajstić information content (AvgIpc) is 3.16. The van der Waals surface area contributed by atoms with Crippen molar-refractivity contribution >= 4 is 11.3 Å². The van der Waals surface area contributed by atoms with E-state index in [0.29, 0.717) is 17.2 Å². The van der Waals surface area contributed by atoms with Gasteiger partial charge in [-0.3, -0.25) is 0 Å². The van der Waals surface area contributed by atoms with Gasteiger partial charge >= 0.3 is 0 Å². The first-order chi connectivity index (χ1) is 12.6. The van der Waals surface area contributed by atoms with Gasteiger partial charge in [-0.2, -0.15) is 11.3 Å². The lowest BCUT2D eigenvalue weighted by Crippen LogP contribution is -1.96. The van der Waals surface area contributed by atoms with Crippen molar-refractivity contribution in [3.05, 3.63) is 46.9 Å². The molecule has 136 valence electrons. The minimum Gasteiger partial charge on any atom is -0.494 e. The lowest BCUT2D eigenvalue weighted by atomic mass is 9.98. The minimum atomic E-state index is -0.396. The lowest BCUT2D eigenvalue weighted by molar-refractivity contribution is 0.324. The highest BCUT2D eigenvalue weighted by atomic mass is 32.1. The topological polar surface area (TPSA) is 36.9 Å². The van der Waals surface area contributed by atoms with E-state index >= 15 is 0 Å². The van der Waals surface area contributed by atoms with Crippen molar-refractivity contribution in [1.29, 1.82) is 0 Å². The molecule has 1 heterocycles. The molecule has 0 saturated heterocycles. The summed E-state index contributed by atoms with van der Waals surface area (Å²) < 4.78 is 35.4. The van der Waals surface area contributed by atoms with Crippen molar-refractivity contribution in [1.82, 2.24) is 0 Å². The molecular weight excluding hydrogens is 355 g/mol. The summed E-state index contributed by atoms with van der Waals surface area (Å²) >= 11 is 1.54. The van der Waals surface area contributed by atoms with E-state index in [0.717, 1.165) is 22.3 Å². The van der Waals surface area contributed by atoms with E-state index in [2.05, 4.69) is 0 Å². The third-order valence-corrected chi connectivity index (χ3v) is 4.84. The van der Waals surface area contributed by atoms with E-state index in [9.17, 15) is 4.39 Å². The van der Waals surface area contributed by atoms with Gasteiger partial charge in [-0.05, 0) is 46.2 Å². The number of methoxy groups -OCH3 is 4. The normalized spacial score (nSPS) is 10.5. The third-order valence-electron chi connectivity index (χ3n) is 4.10. The van der Waals surface area contributed by atoms with Gasteiger partial charge in [0.1, 0.15) is 0 Å². The van der Waals surface area contributed by atoms with E-state index in [4.69, 9.17) is 18.9 Å². The SMILES string of the molecule is COc1ccc(-c2cscc2-c2cc(OC)c(OC)c(OC)c2)cc1F. The van der Waals surface area contributed by atoms with Crippen molar-refractivity contribution in [3.63, 3.8) is 0 Å². The second-order valence-electron chi connectivity index (χ2n) is 5.46. The maximum absolute atomic E-state index is 14.1. The molecule has 0 amide bonds. The monoisotopic (exact) mass is 374 g/mol. The molecule has 6 heteroatoms. The fourth-order valence-corrected chi connectivity index (χ4v) is 3.68. The summed E-state index contributed by atoms with van der Waals surface area (Å²) in [4.78, 5) is 0. The Morgan fingerprint density at radius 3 is 1.77 bits per heavy atom. The predicted octanol–water partition coefficient (Wildman–Crippen LogP) is 5.26. The highest BCUT2D eigenvalue weighted by Crippen LogP contribution is 2.44. The molecule has 0 fully saturated rings. The Balaban J connectivity index is 2.13. The van der Waals surface area contributed by atoms with Gasteiger partial charge < -0.3 is 18.9 Å². The van der Waals surface area contributed by atoms with Gasteiger partial charge in [-0.15, -0.1) is 0 Å². The quantitative estimate of drug-likeness (QED) is 0.590. The fraction of sp³-hybridized carbons (Fsp3) is 0.200. The minimum absolute atomic E-state index is 0.221. The summed E-state index contributed by atoms with van der Waals surface area (Å²) in [7, 11) is 6.17. The smallest absolute Gasteiger partial charge is 0.203 e. The Kier molecular flexibility index (Phi) is 5.32. The molecular formula is C20H19FO4S. The predicted molar refractivity (Wildman–Crippen MR) is 101 cm³/mol. The molecule has 0 atom stereocenters. The molecule has 26 heavy (non-hydrogen) atoms. The van der Waals surface area contributed by atoms with Crippen molar-refractivity contribution in [2.45, 2.75) is 0 Å². The summed E-state index contributed by atoms with van der Waals surface area (Å²) in [6.07, 6.45) is 0. The molecule has 0 aliphatic rings. The van der Waals surface area contributed by atoms with Gasteiger partial charge in [0.2, 0.25) is 5.75 Å². The molecule has 0 unspecified atom stereocenters. The molecule has 0 bridgehead atoms. The Morgan fingerprint density at radius 1 is 0.692 bits per heavy atom. The van der Waals surface area contributed by atoms with Crippen molar-refractivity contribution in [2.24, 2.45) is 0 Å². The number of thiophene rings is 1. The zero-order chi connectivity index (χ0) is 18.7. The van der Waals surface area contributed by atoms with Gasteiger partial charge in [-0.1, -0.05) is 6.07 Å². The maximum atomic E-state index is 14.1. The van der Waals surface area contributed by atoms with Crippen molar-refractivity contribution < 1.29 is 23.3 Å². The summed E-state index contributed by atoms with van der Waals surface area (Å²) in [5, 5.41) is 4.00. The standard InChI is InChI=1S/C20H19FO4S/c1-22-17-6-5-12(7-16(17)21)14-10-26-11-15(14)13-8-18(23-2)20(25-4)19(9-13)24-3/h5-11H,1-4H3. The van der Waals surface area contributed by atoms with Crippen LogP contribution in [-0.2, 0) is 0 Å². The second-order valence-corrected chi connectivity index (χ2v) is 6.21. The highest BCUT2D eigenvalue weighted by Gasteiger charge is 2.17. The molecule has 4 nitrogen and oxygen atoms in total. The van der Waals surface area contributed by atoms with E-state index < -0.39 is 5.82 Å². The summed E-state index contributed by atoms with van der Waals surface area (Å²) in [5.74, 6) is 1.50. The summed E-state index contributed by atoms with van der Waals surface area (Å²) in [5.41, 5.74) is 3.55. The Labute approximate surface area is 155 Å². The van der Waals surface area contributed by atoms with Crippen LogP contribution in [0, 0.1) is 5.82 Å². The number of halogens is 1. The molecule has 0 saturated carbocycles. The van der Waals surface area contributed by atoms with Crippen LogP contribution in [0.4, 0.5) is 4.39 Å². The zero-order valence-electron chi connectivity index (χ0n) is 15.0. The van der Waals surface area contributed by atoms with Crippen LogP contribution in [0.2, 0.25) is 0 Å². The van der Waals surface area contributed by atoms with Gasteiger partial charge in [0, 0.05) is 11.1 Å². The average molecular weight is 374 g/mol. The maximum Gasteiger partial charge on any atom is 0.203 e. The molecule has 1 aromatic heterocycles. The molecule has 3 aromatic rings. The van der Waals surface area contributed by atoms with Crippen LogP contribution in [0.5, 0.6) is 23.0 Å². The zero-order valence-corrected chi connectivity index (χ0v) is 15.8. The first-order valence-corrected chi connectivity index (χ1v) is 8.77. The molecule has 0 aliphatic heterocycles. The first-order valence-electron chi connectivity index (χ1n) is 7.83. The van der Waals surface area contributed by atoms with E-state index in [-0.39, 0.29) is 5.75 Å². The molecule has 0 aliphatic carbocycles. The van der Waals surface area contributed by atoms with Crippen LogP contribution >= 0.6 is 11.3 Å². The van der Waals surface area contributed by atoms with Crippen molar-refractivity contribution in [3.8, 4) is 45.3 Å². The van der Waals surface area contributed by atoms with Crippen molar-refractivity contribution in [2.75, 3.05) is 28.4 Å². The number of hydrogen-bond donors (Lipinski definition) is 0. The lowest BCUT2D eigenvalue weighted by Gasteiger charge is -2.14. The number of benzene rings is 2. The number of hydrogen-bond acceptors (Lipinski definition) is 5. The van der Waals surface area contributed by atoms with Crippen LogP contribution in [0.3, 0.4) is 0 Å². The number of ether oxygens (including phenoxy) is 4. The molecule has 0 spiro atoms. The van der Waals surface area contributed by atoms with Gasteiger partial charge in [-0.25, -0.2) is 4.39 Å². The molecule has 0 radical (unpaired) electrons. The Hall–Kier alpha value is -2.73. The number of rotatable bonds is 6. The highest BCUT2D eigenvalue weighted by molar-refractivity contribution is 7.08.